The fourth-order valence-electron chi connectivity index (χ4n) is 1.81. The lowest BCUT2D eigenvalue weighted by Crippen LogP contribution is -2.13. The largest absolute Gasteiger partial charge is 0.493 e. The number of carbonyl (C=O) groups is 1. The minimum absolute atomic E-state index is 0.208. The van der Waals surface area contributed by atoms with Crippen molar-refractivity contribution < 1.29 is 14.3 Å². The van der Waals surface area contributed by atoms with Crippen LogP contribution in [0, 0.1) is 3.57 Å². The summed E-state index contributed by atoms with van der Waals surface area (Å²) in [5.74, 6) is 0.851. The Bertz CT molecular complexity index is 676. The summed E-state index contributed by atoms with van der Waals surface area (Å²) in [6.07, 6.45) is 0. The molecule has 2 aromatic carbocycles. The lowest BCUT2D eigenvalue weighted by atomic mass is 10.2. The molecule has 1 N–H and O–H groups in total. The van der Waals surface area contributed by atoms with Crippen LogP contribution in [0.3, 0.4) is 0 Å². The molecule has 2 rings (SSSR count). The molecule has 2 aromatic rings. The van der Waals surface area contributed by atoms with Crippen molar-refractivity contribution in [2.24, 2.45) is 0 Å². The van der Waals surface area contributed by atoms with E-state index in [4.69, 9.17) is 9.47 Å². The average molecular weight is 462 g/mol. The highest BCUT2D eigenvalue weighted by atomic mass is 127. The van der Waals surface area contributed by atoms with Gasteiger partial charge < -0.3 is 14.8 Å². The maximum absolute atomic E-state index is 12.4. The van der Waals surface area contributed by atoms with Crippen LogP contribution in [0.25, 0.3) is 0 Å². The number of amides is 1. The lowest BCUT2D eigenvalue weighted by molar-refractivity contribution is 0.102. The molecule has 4 nitrogen and oxygen atoms in total. The minimum Gasteiger partial charge on any atom is -0.493 e. The van der Waals surface area contributed by atoms with Gasteiger partial charge in [0.1, 0.15) is 0 Å². The minimum atomic E-state index is -0.208. The number of carbonyl (C=O) groups excluding carboxylic acids is 1. The molecule has 0 atom stereocenters. The topological polar surface area (TPSA) is 47.6 Å². The Morgan fingerprint density at radius 1 is 1.19 bits per heavy atom. The first kappa shape index (κ1) is 16.1. The fourth-order valence-corrected chi connectivity index (χ4v) is 2.93. The first-order valence-corrected chi connectivity index (χ1v) is 7.91. The summed E-state index contributed by atoms with van der Waals surface area (Å²) in [5.41, 5.74) is 1.26. The van der Waals surface area contributed by atoms with Crippen molar-refractivity contribution in [3.05, 3.63) is 50.0 Å². The molecule has 0 aliphatic rings. The summed E-state index contributed by atoms with van der Waals surface area (Å²) in [7, 11) is 3.08. The van der Waals surface area contributed by atoms with Gasteiger partial charge in [-0.1, -0.05) is 12.1 Å². The summed E-state index contributed by atoms with van der Waals surface area (Å²) in [5, 5.41) is 2.88. The van der Waals surface area contributed by atoms with Gasteiger partial charge in [0.05, 0.1) is 24.4 Å². The van der Waals surface area contributed by atoms with Crippen LogP contribution in [0.1, 0.15) is 10.4 Å². The van der Waals surface area contributed by atoms with E-state index in [1.807, 2.05) is 24.3 Å². The third kappa shape index (κ3) is 3.68. The molecule has 0 aliphatic carbocycles. The van der Waals surface area contributed by atoms with E-state index >= 15 is 0 Å². The van der Waals surface area contributed by atoms with E-state index in [1.165, 1.54) is 7.11 Å². The molecular weight excluding hydrogens is 449 g/mol. The molecule has 0 aromatic heterocycles. The Balaban J connectivity index is 2.32. The summed E-state index contributed by atoms with van der Waals surface area (Å²) in [6, 6.07) is 10.9. The number of hydrogen-bond donors (Lipinski definition) is 1. The van der Waals surface area contributed by atoms with Crippen LogP contribution in [-0.2, 0) is 0 Å². The van der Waals surface area contributed by atoms with E-state index in [-0.39, 0.29) is 5.91 Å². The monoisotopic (exact) mass is 461 g/mol. The number of hydrogen-bond acceptors (Lipinski definition) is 3. The Hall–Kier alpha value is -1.28. The van der Waals surface area contributed by atoms with Crippen molar-refractivity contribution >= 4 is 50.1 Å². The molecule has 0 heterocycles. The van der Waals surface area contributed by atoms with Crippen LogP contribution < -0.4 is 14.8 Å². The van der Waals surface area contributed by atoms with Crippen molar-refractivity contribution in [1.82, 2.24) is 0 Å². The maximum Gasteiger partial charge on any atom is 0.255 e. The second kappa shape index (κ2) is 7.13. The number of halogens is 2. The molecule has 1 amide bonds. The van der Waals surface area contributed by atoms with E-state index in [0.717, 1.165) is 9.26 Å². The molecule has 0 unspecified atom stereocenters. The first-order chi connectivity index (χ1) is 10.1. The van der Waals surface area contributed by atoms with Crippen molar-refractivity contribution in [1.29, 1.82) is 0 Å². The van der Waals surface area contributed by atoms with Crippen molar-refractivity contribution in [2.75, 3.05) is 19.5 Å². The zero-order valence-electron chi connectivity index (χ0n) is 11.4. The highest BCUT2D eigenvalue weighted by Crippen LogP contribution is 2.36. The van der Waals surface area contributed by atoms with Crippen LogP contribution >= 0.6 is 38.5 Å². The van der Waals surface area contributed by atoms with Gasteiger partial charge in [-0.15, -0.1) is 0 Å². The Labute approximate surface area is 145 Å². The number of para-hydroxylation sites is 1. The standard InChI is InChI=1S/C15H13BrINO3/c1-20-13-8-9(7-10(16)14(13)21-2)15(19)18-12-6-4-3-5-11(12)17/h3-8H,1-2H3,(H,18,19). The molecule has 0 saturated heterocycles. The first-order valence-electron chi connectivity index (χ1n) is 6.04. The van der Waals surface area contributed by atoms with Gasteiger partial charge in [0.2, 0.25) is 0 Å². The zero-order valence-corrected chi connectivity index (χ0v) is 15.2. The van der Waals surface area contributed by atoms with Gasteiger partial charge in [-0.25, -0.2) is 0 Å². The molecule has 0 fully saturated rings. The molecule has 0 saturated carbocycles. The number of benzene rings is 2. The number of ether oxygens (including phenoxy) is 2. The van der Waals surface area contributed by atoms with E-state index in [0.29, 0.717) is 21.5 Å². The van der Waals surface area contributed by atoms with Crippen LogP contribution in [0.15, 0.2) is 40.9 Å². The summed E-state index contributed by atoms with van der Waals surface area (Å²) in [6.45, 7) is 0. The van der Waals surface area contributed by atoms with Crippen molar-refractivity contribution in [3.63, 3.8) is 0 Å². The van der Waals surface area contributed by atoms with Gasteiger partial charge in [-0.05, 0) is 62.8 Å². The Morgan fingerprint density at radius 3 is 2.52 bits per heavy atom. The van der Waals surface area contributed by atoms with Crippen LogP contribution in [0.4, 0.5) is 5.69 Å². The highest BCUT2D eigenvalue weighted by Gasteiger charge is 2.15. The van der Waals surface area contributed by atoms with E-state index in [1.54, 1.807) is 19.2 Å². The second-order valence-electron chi connectivity index (χ2n) is 4.13. The van der Waals surface area contributed by atoms with E-state index in [9.17, 15) is 4.79 Å². The van der Waals surface area contributed by atoms with Gasteiger partial charge in [-0.2, -0.15) is 0 Å². The average Bonchev–Trinajstić information content (AvgIpc) is 2.48. The van der Waals surface area contributed by atoms with Crippen LogP contribution in [-0.4, -0.2) is 20.1 Å². The predicted octanol–water partition coefficient (Wildman–Crippen LogP) is 4.32. The normalized spacial score (nSPS) is 10.1. The molecule has 6 heteroatoms. The second-order valence-corrected chi connectivity index (χ2v) is 6.14. The molecule has 0 radical (unpaired) electrons. The predicted molar refractivity (Wildman–Crippen MR) is 94.4 cm³/mol. The Kier molecular flexibility index (Phi) is 5.46. The SMILES string of the molecule is COc1cc(C(=O)Nc2ccccc2I)cc(Br)c1OC. The number of rotatable bonds is 4. The zero-order chi connectivity index (χ0) is 15.4. The van der Waals surface area contributed by atoms with Gasteiger partial charge in [0, 0.05) is 9.13 Å². The molecule has 0 bridgehead atoms. The van der Waals surface area contributed by atoms with Crippen molar-refractivity contribution in [3.8, 4) is 11.5 Å². The molecule has 0 aliphatic heterocycles. The van der Waals surface area contributed by atoms with E-state index in [2.05, 4.69) is 43.8 Å². The number of nitrogens with one attached hydrogen (secondary N) is 1. The molecular formula is C15H13BrINO3. The molecule has 110 valence electrons. The third-order valence-corrected chi connectivity index (χ3v) is 4.35. The maximum atomic E-state index is 12.4. The summed E-state index contributed by atoms with van der Waals surface area (Å²) < 4.78 is 12.1. The van der Waals surface area contributed by atoms with Crippen molar-refractivity contribution in [2.45, 2.75) is 0 Å². The van der Waals surface area contributed by atoms with Gasteiger partial charge >= 0.3 is 0 Å². The molecule has 0 spiro atoms. The van der Waals surface area contributed by atoms with Gasteiger partial charge in [-0.3, -0.25) is 4.79 Å². The van der Waals surface area contributed by atoms with E-state index < -0.39 is 0 Å². The highest BCUT2D eigenvalue weighted by molar-refractivity contribution is 14.1. The molecule has 21 heavy (non-hydrogen) atoms. The fraction of sp³-hybridized carbons (Fsp3) is 0.133. The summed E-state index contributed by atoms with van der Waals surface area (Å²) in [4.78, 5) is 12.4. The lowest BCUT2D eigenvalue weighted by Gasteiger charge is -2.12. The third-order valence-electron chi connectivity index (χ3n) is 2.82. The van der Waals surface area contributed by atoms with Gasteiger partial charge in [0.15, 0.2) is 11.5 Å². The van der Waals surface area contributed by atoms with Gasteiger partial charge in [0.25, 0.3) is 5.91 Å². The number of anilines is 1. The van der Waals surface area contributed by atoms with Crippen LogP contribution in [0.2, 0.25) is 0 Å². The summed E-state index contributed by atoms with van der Waals surface area (Å²) >= 11 is 5.56. The smallest absolute Gasteiger partial charge is 0.255 e. The Morgan fingerprint density at radius 2 is 1.90 bits per heavy atom. The number of methoxy groups -OCH3 is 2. The van der Waals surface area contributed by atoms with Crippen LogP contribution in [0.5, 0.6) is 11.5 Å². The quantitative estimate of drug-likeness (QED) is 0.689.